The molecule has 0 aliphatic heterocycles. The zero-order chi connectivity index (χ0) is 6.24. The highest BCUT2D eigenvalue weighted by atomic mass is 16.7. The molecule has 0 fully saturated rings. The first-order chi connectivity index (χ1) is 3.91. The van der Waals surface area contributed by atoms with Crippen LogP contribution < -0.4 is 11.3 Å². The number of hydrogen-bond donors (Lipinski definition) is 2. The molecular weight excluding hydrogens is 108 g/mol. The number of hydrazine groups is 1. The second kappa shape index (κ2) is 6.84. The van der Waals surface area contributed by atoms with E-state index in [0.717, 1.165) is 0 Å². The normalized spacial score (nSPS) is 9.75. The van der Waals surface area contributed by atoms with Crippen LogP contribution in [0.2, 0.25) is 0 Å². The van der Waals surface area contributed by atoms with Crippen molar-refractivity contribution < 1.29 is 9.47 Å². The van der Waals surface area contributed by atoms with Gasteiger partial charge in [0.15, 0.2) is 0 Å². The minimum atomic E-state index is 0.335. The lowest BCUT2D eigenvalue weighted by molar-refractivity contribution is -0.0288. The van der Waals surface area contributed by atoms with Gasteiger partial charge in [-0.1, -0.05) is 0 Å². The fourth-order valence-electron chi connectivity index (χ4n) is 0.273. The molecule has 0 rings (SSSR count). The Bertz CT molecular complexity index is 37.0. The summed E-state index contributed by atoms with van der Waals surface area (Å²) in [4.78, 5) is 0. The second-order valence-corrected chi connectivity index (χ2v) is 1.27. The van der Waals surface area contributed by atoms with Crippen LogP contribution in [0.15, 0.2) is 0 Å². The standard InChI is InChI=1S/C4H12N2O2/c1-7-4-8-3-2-6-5/h6H,2-5H2,1H3. The number of hydrogen-bond acceptors (Lipinski definition) is 4. The molecule has 0 bridgehead atoms. The van der Waals surface area contributed by atoms with E-state index in [-0.39, 0.29) is 0 Å². The predicted octanol–water partition coefficient (Wildman–Crippen LogP) is -0.930. The smallest absolute Gasteiger partial charge is 0.146 e. The lowest BCUT2D eigenvalue weighted by atomic mass is 10.7. The van der Waals surface area contributed by atoms with Gasteiger partial charge in [-0.3, -0.25) is 11.3 Å². The third-order valence-corrected chi connectivity index (χ3v) is 0.592. The summed E-state index contributed by atoms with van der Waals surface area (Å²) in [5, 5.41) is 0. The highest BCUT2D eigenvalue weighted by Gasteiger charge is 1.80. The van der Waals surface area contributed by atoms with Gasteiger partial charge in [0.2, 0.25) is 0 Å². The SMILES string of the molecule is COCOCCNN. The van der Waals surface area contributed by atoms with Gasteiger partial charge < -0.3 is 9.47 Å². The van der Waals surface area contributed by atoms with Gasteiger partial charge in [-0.2, -0.15) is 0 Å². The number of rotatable bonds is 5. The summed E-state index contributed by atoms with van der Waals surface area (Å²) in [5.41, 5.74) is 2.45. The first kappa shape index (κ1) is 7.84. The van der Waals surface area contributed by atoms with Gasteiger partial charge in [-0.15, -0.1) is 0 Å². The molecule has 0 aromatic heterocycles. The molecule has 0 atom stereocenters. The summed E-state index contributed by atoms with van der Waals surface area (Å²) >= 11 is 0. The maximum atomic E-state index is 4.94. The summed E-state index contributed by atoms with van der Waals surface area (Å²) in [6.45, 7) is 1.58. The minimum Gasteiger partial charge on any atom is -0.359 e. The second-order valence-electron chi connectivity index (χ2n) is 1.27. The maximum Gasteiger partial charge on any atom is 0.146 e. The number of methoxy groups -OCH3 is 1. The van der Waals surface area contributed by atoms with Gasteiger partial charge in [-0.25, -0.2) is 0 Å². The van der Waals surface area contributed by atoms with Crippen molar-refractivity contribution in [1.29, 1.82) is 0 Å². The molecule has 0 saturated heterocycles. The van der Waals surface area contributed by atoms with Crippen molar-refractivity contribution in [2.75, 3.05) is 27.1 Å². The Labute approximate surface area is 48.9 Å². The molecule has 0 aliphatic rings. The average Bonchev–Trinajstić information content (AvgIpc) is 1.81. The summed E-state index contributed by atoms with van der Waals surface area (Å²) in [6, 6.07) is 0. The largest absolute Gasteiger partial charge is 0.359 e. The minimum absolute atomic E-state index is 0.335. The first-order valence-electron chi connectivity index (χ1n) is 2.42. The Balaban J connectivity index is 2.53. The van der Waals surface area contributed by atoms with Crippen molar-refractivity contribution in [2.45, 2.75) is 0 Å². The molecule has 8 heavy (non-hydrogen) atoms. The lowest BCUT2D eigenvalue weighted by Crippen LogP contribution is -2.26. The van der Waals surface area contributed by atoms with E-state index in [0.29, 0.717) is 19.9 Å². The molecule has 0 aliphatic carbocycles. The van der Waals surface area contributed by atoms with E-state index in [1.54, 1.807) is 7.11 Å². The van der Waals surface area contributed by atoms with Crippen molar-refractivity contribution >= 4 is 0 Å². The predicted molar refractivity (Wildman–Crippen MR) is 30.0 cm³/mol. The van der Waals surface area contributed by atoms with Crippen molar-refractivity contribution in [3.05, 3.63) is 0 Å². The van der Waals surface area contributed by atoms with Crippen molar-refractivity contribution in [2.24, 2.45) is 5.84 Å². The maximum absolute atomic E-state index is 4.94. The fraction of sp³-hybridized carbons (Fsp3) is 1.00. The van der Waals surface area contributed by atoms with Crippen LogP contribution in [0, 0.1) is 0 Å². The van der Waals surface area contributed by atoms with Gasteiger partial charge in [0.05, 0.1) is 6.61 Å². The molecule has 0 unspecified atom stereocenters. The molecule has 3 N–H and O–H groups in total. The summed E-state index contributed by atoms with van der Waals surface area (Å²) in [6.07, 6.45) is 0. The molecular formula is C4H12N2O2. The summed E-state index contributed by atoms with van der Waals surface area (Å²) < 4.78 is 9.46. The summed E-state index contributed by atoms with van der Waals surface area (Å²) in [7, 11) is 1.58. The molecule has 50 valence electrons. The Kier molecular flexibility index (Phi) is 6.70. The lowest BCUT2D eigenvalue weighted by Gasteiger charge is -1.99. The molecule has 0 amide bonds. The molecule has 0 aromatic rings. The van der Waals surface area contributed by atoms with Crippen LogP contribution in [0.4, 0.5) is 0 Å². The van der Waals surface area contributed by atoms with Crippen LogP contribution in [0.1, 0.15) is 0 Å². The molecule has 0 heterocycles. The van der Waals surface area contributed by atoms with Crippen molar-refractivity contribution in [3.63, 3.8) is 0 Å². The Morgan fingerprint density at radius 2 is 2.38 bits per heavy atom. The fourth-order valence-corrected chi connectivity index (χ4v) is 0.273. The average molecular weight is 120 g/mol. The van der Waals surface area contributed by atoms with E-state index in [4.69, 9.17) is 10.6 Å². The summed E-state index contributed by atoms with van der Waals surface area (Å²) in [5.74, 6) is 4.94. The van der Waals surface area contributed by atoms with Gasteiger partial charge in [0.25, 0.3) is 0 Å². The van der Waals surface area contributed by atoms with Gasteiger partial charge >= 0.3 is 0 Å². The number of nitrogens with two attached hydrogens (primary N) is 1. The number of ether oxygens (including phenoxy) is 2. The zero-order valence-corrected chi connectivity index (χ0v) is 5.02. The van der Waals surface area contributed by atoms with Crippen LogP contribution >= 0.6 is 0 Å². The molecule has 0 radical (unpaired) electrons. The van der Waals surface area contributed by atoms with Crippen molar-refractivity contribution in [3.8, 4) is 0 Å². The highest BCUT2D eigenvalue weighted by molar-refractivity contribution is 4.29. The van der Waals surface area contributed by atoms with Gasteiger partial charge in [-0.05, 0) is 0 Å². The van der Waals surface area contributed by atoms with E-state index < -0.39 is 0 Å². The topological polar surface area (TPSA) is 56.5 Å². The van der Waals surface area contributed by atoms with E-state index in [2.05, 4.69) is 10.2 Å². The zero-order valence-electron chi connectivity index (χ0n) is 5.02. The van der Waals surface area contributed by atoms with E-state index in [1.807, 2.05) is 0 Å². The van der Waals surface area contributed by atoms with E-state index >= 15 is 0 Å². The molecule has 4 nitrogen and oxygen atoms in total. The Morgan fingerprint density at radius 3 is 2.88 bits per heavy atom. The molecule has 0 aromatic carbocycles. The Morgan fingerprint density at radius 1 is 1.62 bits per heavy atom. The Hall–Kier alpha value is -0.160. The number of nitrogens with one attached hydrogen (secondary N) is 1. The van der Waals surface area contributed by atoms with Crippen LogP contribution in [0.25, 0.3) is 0 Å². The molecule has 0 spiro atoms. The molecule has 4 heteroatoms. The van der Waals surface area contributed by atoms with Crippen LogP contribution in [-0.4, -0.2) is 27.1 Å². The third kappa shape index (κ3) is 5.84. The van der Waals surface area contributed by atoms with E-state index in [1.165, 1.54) is 0 Å². The van der Waals surface area contributed by atoms with Crippen LogP contribution in [0.5, 0.6) is 0 Å². The highest BCUT2D eigenvalue weighted by Crippen LogP contribution is 1.70. The third-order valence-electron chi connectivity index (χ3n) is 0.592. The molecule has 0 saturated carbocycles. The van der Waals surface area contributed by atoms with Gasteiger partial charge in [0.1, 0.15) is 6.79 Å². The van der Waals surface area contributed by atoms with Crippen LogP contribution in [0.3, 0.4) is 0 Å². The van der Waals surface area contributed by atoms with E-state index in [9.17, 15) is 0 Å². The first-order valence-corrected chi connectivity index (χ1v) is 2.42. The van der Waals surface area contributed by atoms with Crippen molar-refractivity contribution in [1.82, 2.24) is 5.43 Å². The quantitative estimate of drug-likeness (QED) is 0.213. The van der Waals surface area contributed by atoms with Crippen LogP contribution in [-0.2, 0) is 9.47 Å². The van der Waals surface area contributed by atoms with Gasteiger partial charge in [0, 0.05) is 13.7 Å². The monoisotopic (exact) mass is 120 g/mol.